The van der Waals surface area contributed by atoms with Crippen LogP contribution >= 0.6 is 0 Å². The van der Waals surface area contributed by atoms with E-state index in [9.17, 15) is 32.3 Å². The fourth-order valence-electron chi connectivity index (χ4n) is 5.96. The number of alkyl halides is 3. The topological polar surface area (TPSA) is 80.8 Å². The first-order valence-electron chi connectivity index (χ1n) is 12.5. The Bertz CT molecular complexity index is 1520. The lowest BCUT2D eigenvalue weighted by molar-refractivity contribution is -0.137. The molecule has 2 amide bonds. The van der Waals surface area contributed by atoms with Crippen molar-refractivity contribution >= 4 is 29.1 Å². The maximum Gasteiger partial charge on any atom is 0.416 e. The zero-order valence-electron chi connectivity index (χ0n) is 20.9. The van der Waals surface area contributed by atoms with Crippen LogP contribution in [-0.4, -0.2) is 29.0 Å². The van der Waals surface area contributed by atoms with Crippen molar-refractivity contribution in [3.63, 3.8) is 0 Å². The third-order valence-electron chi connectivity index (χ3n) is 7.88. The van der Waals surface area contributed by atoms with E-state index in [1.807, 2.05) is 26.0 Å². The molecular weight excluding hydrogens is 511 g/mol. The number of fused-ring (bicyclic) bond motifs is 3. The standard InChI is InChI=1S/C30H22F3NO5/c1-15(2)16-10-12-17(13-11-16)24-22-23(29(39-24)25(35)20-8-3-4-9-21(20)26(29)36)28(38)34(27(22)37)19-7-5-6-18(14-19)30(31,32)33/h3-15,22-24H,1-2H3/t22-,23+,24+/m1/s1. The van der Waals surface area contributed by atoms with Gasteiger partial charge in [0.15, 0.2) is 0 Å². The number of ether oxygens (including phenoxy) is 1. The lowest BCUT2D eigenvalue weighted by atomic mass is 9.77. The Kier molecular flexibility index (Phi) is 5.45. The van der Waals surface area contributed by atoms with Gasteiger partial charge in [-0.15, -0.1) is 0 Å². The molecule has 3 aromatic rings. The normalized spacial score (nSPS) is 23.7. The van der Waals surface area contributed by atoms with Crippen molar-refractivity contribution in [2.24, 2.45) is 11.8 Å². The van der Waals surface area contributed by atoms with E-state index in [1.165, 1.54) is 18.2 Å². The van der Waals surface area contributed by atoms with Gasteiger partial charge < -0.3 is 4.74 Å². The van der Waals surface area contributed by atoms with Gasteiger partial charge in [0.2, 0.25) is 29.0 Å². The minimum atomic E-state index is -4.71. The minimum Gasteiger partial charge on any atom is -0.349 e. The Labute approximate surface area is 221 Å². The van der Waals surface area contributed by atoms with E-state index in [0.29, 0.717) is 16.5 Å². The molecule has 2 aliphatic heterocycles. The van der Waals surface area contributed by atoms with E-state index in [0.717, 1.165) is 17.7 Å². The highest BCUT2D eigenvalue weighted by Gasteiger charge is 2.74. The van der Waals surface area contributed by atoms with Gasteiger partial charge in [0, 0.05) is 11.1 Å². The van der Waals surface area contributed by atoms with Crippen LogP contribution in [0.3, 0.4) is 0 Å². The predicted octanol–water partition coefficient (Wildman–Crippen LogP) is 5.52. The van der Waals surface area contributed by atoms with Gasteiger partial charge in [-0.1, -0.05) is 68.4 Å². The number of benzene rings is 3. The number of carbonyl (C=O) groups excluding carboxylic acids is 4. The van der Waals surface area contributed by atoms with Crippen LogP contribution in [-0.2, 0) is 20.5 Å². The van der Waals surface area contributed by atoms with E-state index in [2.05, 4.69) is 0 Å². The smallest absolute Gasteiger partial charge is 0.349 e. The van der Waals surface area contributed by atoms with Gasteiger partial charge >= 0.3 is 6.18 Å². The summed E-state index contributed by atoms with van der Waals surface area (Å²) in [5, 5.41) is 0. The molecule has 3 aromatic carbocycles. The quantitative estimate of drug-likeness (QED) is 0.327. The molecule has 0 aromatic heterocycles. The molecule has 3 atom stereocenters. The van der Waals surface area contributed by atoms with E-state index in [-0.39, 0.29) is 22.7 Å². The van der Waals surface area contributed by atoms with Gasteiger partial charge in [-0.05, 0) is 35.2 Å². The highest BCUT2D eigenvalue weighted by Crippen LogP contribution is 2.57. The summed E-state index contributed by atoms with van der Waals surface area (Å²) >= 11 is 0. The van der Waals surface area contributed by atoms with Crippen LogP contribution in [0, 0.1) is 11.8 Å². The van der Waals surface area contributed by atoms with Crippen LogP contribution in [0.1, 0.15) is 63.3 Å². The zero-order valence-corrected chi connectivity index (χ0v) is 20.9. The monoisotopic (exact) mass is 533 g/mol. The number of carbonyl (C=O) groups is 4. The maximum atomic E-state index is 13.9. The van der Waals surface area contributed by atoms with Crippen molar-refractivity contribution in [1.82, 2.24) is 0 Å². The van der Waals surface area contributed by atoms with Gasteiger partial charge in [0.25, 0.3) is 0 Å². The van der Waals surface area contributed by atoms with Crippen molar-refractivity contribution in [3.05, 3.63) is 101 Å². The summed E-state index contributed by atoms with van der Waals surface area (Å²) in [6, 6.07) is 17.0. The van der Waals surface area contributed by atoms with Crippen LogP contribution in [0.4, 0.5) is 18.9 Å². The lowest BCUT2D eigenvalue weighted by Gasteiger charge is -2.27. The van der Waals surface area contributed by atoms with Crippen molar-refractivity contribution in [2.75, 3.05) is 4.90 Å². The Morgan fingerprint density at radius 3 is 2.00 bits per heavy atom. The Morgan fingerprint density at radius 1 is 0.821 bits per heavy atom. The van der Waals surface area contributed by atoms with E-state index in [1.54, 1.807) is 24.3 Å². The van der Waals surface area contributed by atoms with Crippen LogP contribution in [0.2, 0.25) is 0 Å². The van der Waals surface area contributed by atoms with Crippen LogP contribution < -0.4 is 4.90 Å². The summed E-state index contributed by atoms with van der Waals surface area (Å²) < 4.78 is 46.6. The molecule has 2 heterocycles. The van der Waals surface area contributed by atoms with Crippen molar-refractivity contribution in [2.45, 2.75) is 37.6 Å². The van der Waals surface area contributed by atoms with E-state index in [4.69, 9.17) is 4.74 Å². The van der Waals surface area contributed by atoms with E-state index >= 15 is 0 Å². The number of hydrogen-bond donors (Lipinski definition) is 0. The summed E-state index contributed by atoms with van der Waals surface area (Å²) in [5.74, 6) is -5.85. The largest absolute Gasteiger partial charge is 0.416 e. The summed E-state index contributed by atoms with van der Waals surface area (Å²) in [5.41, 5.74) is -1.97. The third kappa shape index (κ3) is 3.45. The second-order valence-corrected chi connectivity index (χ2v) is 10.4. The molecule has 6 nitrogen and oxygen atoms in total. The van der Waals surface area contributed by atoms with E-state index < -0.39 is 58.7 Å². The van der Waals surface area contributed by atoms with Crippen LogP contribution in [0.25, 0.3) is 0 Å². The number of amides is 2. The highest BCUT2D eigenvalue weighted by molar-refractivity contribution is 6.37. The number of imide groups is 1. The Morgan fingerprint density at radius 2 is 1.44 bits per heavy atom. The van der Waals surface area contributed by atoms with Gasteiger partial charge in [0.1, 0.15) is 0 Å². The number of hydrogen-bond acceptors (Lipinski definition) is 5. The average molecular weight is 534 g/mol. The molecule has 198 valence electrons. The molecular formula is C30H22F3NO5. The third-order valence-corrected chi connectivity index (χ3v) is 7.88. The van der Waals surface area contributed by atoms with Gasteiger partial charge in [-0.2, -0.15) is 13.2 Å². The highest BCUT2D eigenvalue weighted by atomic mass is 19.4. The van der Waals surface area contributed by atoms with Crippen molar-refractivity contribution < 1.29 is 37.1 Å². The second-order valence-electron chi connectivity index (χ2n) is 10.4. The first-order chi connectivity index (χ1) is 18.5. The fraction of sp³-hybridized carbons (Fsp3) is 0.267. The molecule has 0 bridgehead atoms. The SMILES string of the molecule is CC(C)c1ccc([C@@H]2OC3(C(=O)c4ccccc4C3=O)[C@@H]3C(=O)N(c4cccc(C(F)(F)F)c4)C(=O)[C@H]32)cc1. The van der Waals surface area contributed by atoms with Gasteiger partial charge in [0.05, 0.1) is 29.2 Å². The molecule has 0 radical (unpaired) electrons. The molecule has 2 saturated heterocycles. The molecule has 1 spiro atoms. The summed E-state index contributed by atoms with van der Waals surface area (Å²) in [4.78, 5) is 56.0. The first-order valence-corrected chi connectivity index (χ1v) is 12.5. The Balaban J connectivity index is 1.51. The number of ketones is 2. The number of nitrogens with zero attached hydrogens (tertiary/aromatic N) is 1. The number of halogens is 3. The molecule has 0 saturated carbocycles. The first kappa shape index (κ1) is 25.2. The zero-order chi connectivity index (χ0) is 27.9. The molecule has 0 N–H and O–H groups in total. The molecule has 1 aliphatic carbocycles. The Hall–Kier alpha value is -4.11. The summed E-state index contributed by atoms with van der Waals surface area (Å²) in [6.45, 7) is 4.01. The predicted molar refractivity (Wildman–Crippen MR) is 133 cm³/mol. The molecule has 9 heteroatoms. The fourth-order valence-corrected chi connectivity index (χ4v) is 5.96. The number of rotatable bonds is 3. The van der Waals surface area contributed by atoms with Crippen LogP contribution in [0.15, 0.2) is 72.8 Å². The molecule has 2 fully saturated rings. The van der Waals surface area contributed by atoms with Gasteiger partial charge in [-0.3, -0.25) is 19.2 Å². The van der Waals surface area contributed by atoms with Crippen LogP contribution in [0.5, 0.6) is 0 Å². The maximum absolute atomic E-state index is 13.9. The number of Topliss-reactive ketones (excluding diaryl/α,β-unsaturated/α-hetero) is 2. The average Bonchev–Trinajstić information content (AvgIpc) is 3.48. The molecule has 0 unspecified atom stereocenters. The van der Waals surface area contributed by atoms with Crippen molar-refractivity contribution in [1.29, 1.82) is 0 Å². The summed E-state index contributed by atoms with van der Waals surface area (Å²) in [6.07, 6.45) is -5.85. The number of anilines is 1. The second kappa shape index (κ2) is 8.44. The molecule has 39 heavy (non-hydrogen) atoms. The summed E-state index contributed by atoms with van der Waals surface area (Å²) in [7, 11) is 0. The van der Waals surface area contributed by atoms with Gasteiger partial charge in [-0.25, -0.2) is 4.90 Å². The van der Waals surface area contributed by atoms with Crippen molar-refractivity contribution in [3.8, 4) is 0 Å². The minimum absolute atomic E-state index is 0.0785. The molecule has 6 rings (SSSR count). The molecule has 3 aliphatic rings. The lowest BCUT2D eigenvalue weighted by Crippen LogP contribution is -2.51.